The second kappa shape index (κ2) is 5.92. The maximum absolute atomic E-state index is 6.14. The van der Waals surface area contributed by atoms with Crippen LogP contribution in [0.1, 0.15) is 18.0 Å². The number of anilines is 1. The van der Waals surface area contributed by atoms with Gasteiger partial charge in [0.1, 0.15) is 5.75 Å². The fraction of sp³-hybridized carbons (Fsp3) is 0.214. The number of benzene rings is 1. The molecule has 1 aliphatic heterocycles. The van der Waals surface area contributed by atoms with Gasteiger partial charge in [-0.2, -0.15) is 0 Å². The second-order valence-corrected chi connectivity index (χ2v) is 6.70. The van der Waals surface area contributed by atoms with Crippen LogP contribution in [-0.4, -0.2) is 11.6 Å². The number of halogens is 3. The predicted molar refractivity (Wildman–Crippen MR) is 87.6 cm³/mol. The molecule has 1 aromatic heterocycles. The van der Waals surface area contributed by atoms with E-state index < -0.39 is 0 Å². The first-order chi connectivity index (χ1) is 9.63. The van der Waals surface area contributed by atoms with Crippen LogP contribution in [0.4, 0.5) is 5.69 Å². The van der Waals surface area contributed by atoms with Crippen LogP contribution in [0, 0.1) is 0 Å². The smallest absolute Gasteiger partial charge is 0.152 e. The topological polar surface area (TPSA) is 34.2 Å². The zero-order valence-electron chi connectivity index (χ0n) is 10.4. The van der Waals surface area contributed by atoms with E-state index in [0.717, 1.165) is 32.4 Å². The molecule has 0 bridgehead atoms. The molecule has 0 spiro atoms. The third-order valence-electron chi connectivity index (χ3n) is 3.15. The Morgan fingerprint density at radius 1 is 1.25 bits per heavy atom. The van der Waals surface area contributed by atoms with E-state index in [2.05, 4.69) is 48.2 Å². The monoisotopic (exact) mass is 416 g/mol. The number of fused-ring (bicyclic) bond motifs is 1. The van der Waals surface area contributed by atoms with E-state index in [9.17, 15) is 0 Å². The minimum atomic E-state index is 0.157. The van der Waals surface area contributed by atoms with Gasteiger partial charge in [0.05, 0.1) is 18.3 Å². The molecule has 0 saturated heterocycles. The molecule has 0 radical (unpaired) electrons. The highest BCUT2D eigenvalue weighted by molar-refractivity contribution is 9.10. The standard InChI is InChI=1S/C14H11Br2ClN2O/c15-8-1-2-13-10(5-8)11(3-4-20-13)19-12-6-9(16)7-18-14(12)17/h1-2,5-7,11,19H,3-4H2. The summed E-state index contributed by atoms with van der Waals surface area (Å²) in [6, 6.07) is 8.13. The average molecular weight is 419 g/mol. The Kier molecular flexibility index (Phi) is 4.19. The van der Waals surface area contributed by atoms with Crippen LogP contribution in [0.2, 0.25) is 5.15 Å². The lowest BCUT2D eigenvalue weighted by Crippen LogP contribution is -2.20. The predicted octanol–water partition coefficient (Wildman–Crippen LogP) is 5.20. The van der Waals surface area contributed by atoms with E-state index in [4.69, 9.17) is 16.3 Å². The molecule has 0 amide bonds. The number of nitrogens with one attached hydrogen (secondary N) is 1. The molecule has 2 heterocycles. The van der Waals surface area contributed by atoms with Crippen LogP contribution in [0.25, 0.3) is 0 Å². The molecular formula is C14H11Br2ClN2O. The summed E-state index contributed by atoms with van der Waals surface area (Å²) < 4.78 is 7.61. The molecule has 0 saturated carbocycles. The number of hydrogen-bond donors (Lipinski definition) is 1. The molecule has 104 valence electrons. The van der Waals surface area contributed by atoms with E-state index in [1.807, 2.05) is 18.2 Å². The Morgan fingerprint density at radius 3 is 2.95 bits per heavy atom. The van der Waals surface area contributed by atoms with Crippen molar-refractivity contribution in [3.05, 3.63) is 50.1 Å². The fourth-order valence-corrected chi connectivity index (χ4v) is 3.09. The second-order valence-electron chi connectivity index (χ2n) is 4.51. The van der Waals surface area contributed by atoms with Gasteiger partial charge in [-0.1, -0.05) is 27.5 Å². The minimum Gasteiger partial charge on any atom is -0.493 e. The van der Waals surface area contributed by atoms with Gasteiger partial charge in [0.15, 0.2) is 5.15 Å². The van der Waals surface area contributed by atoms with Gasteiger partial charge in [-0.3, -0.25) is 0 Å². The lowest BCUT2D eigenvalue weighted by molar-refractivity contribution is 0.274. The molecule has 2 aromatic rings. The zero-order chi connectivity index (χ0) is 14.1. The van der Waals surface area contributed by atoms with Crippen LogP contribution in [0.15, 0.2) is 39.4 Å². The van der Waals surface area contributed by atoms with Crippen molar-refractivity contribution in [2.75, 3.05) is 11.9 Å². The van der Waals surface area contributed by atoms with Gasteiger partial charge in [0, 0.05) is 27.1 Å². The van der Waals surface area contributed by atoms with Crippen molar-refractivity contribution >= 4 is 49.1 Å². The van der Waals surface area contributed by atoms with Crippen molar-refractivity contribution < 1.29 is 4.74 Å². The summed E-state index contributed by atoms with van der Waals surface area (Å²) in [4.78, 5) is 4.13. The van der Waals surface area contributed by atoms with Gasteiger partial charge in [0.25, 0.3) is 0 Å². The summed E-state index contributed by atoms with van der Waals surface area (Å²) in [6.45, 7) is 0.686. The zero-order valence-corrected chi connectivity index (χ0v) is 14.3. The Hall–Kier alpha value is -0.780. The van der Waals surface area contributed by atoms with E-state index in [-0.39, 0.29) is 6.04 Å². The quantitative estimate of drug-likeness (QED) is 0.681. The van der Waals surface area contributed by atoms with Crippen molar-refractivity contribution in [3.8, 4) is 5.75 Å². The SMILES string of the molecule is Clc1ncc(Br)cc1NC1CCOc2ccc(Br)cc21. The van der Waals surface area contributed by atoms with Gasteiger partial charge >= 0.3 is 0 Å². The minimum absolute atomic E-state index is 0.157. The first-order valence-corrected chi connectivity index (χ1v) is 8.10. The summed E-state index contributed by atoms with van der Waals surface area (Å²) in [5.74, 6) is 0.913. The van der Waals surface area contributed by atoms with Gasteiger partial charge in [-0.25, -0.2) is 4.98 Å². The highest BCUT2D eigenvalue weighted by atomic mass is 79.9. The molecule has 1 aliphatic rings. The molecule has 1 atom stereocenters. The number of hydrogen-bond acceptors (Lipinski definition) is 3. The van der Waals surface area contributed by atoms with Gasteiger partial charge in [-0.15, -0.1) is 0 Å². The molecule has 1 aromatic carbocycles. The van der Waals surface area contributed by atoms with E-state index in [1.165, 1.54) is 0 Å². The van der Waals surface area contributed by atoms with Crippen LogP contribution in [0.3, 0.4) is 0 Å². The molecule has 1 unspecified atom stereocenters. The summed E-state index contributed by atoms with van der Waals surface area (Å²) in [7, 11) is 0. The van der Waals surface area contributed by atoms with Crippen molar-refractivity contribution in [3.63, 3.8) is 0 Å². The van der Waals surface area contributed by atoms with Crippen LogP contribution >= 0.6 is 43.5 Å². The van der Waals surface area contributed by atoms with Gasteiger partial charge in [-0.05, 0) is 40.2 Å². The Morgan fingerprint density at radius 2 is 2.10 bits per heavy atom. The third kappa shape index (κ3) is 2.95. The molecule has 3 nitrogen and oxygen atoms in total. The highest BCUT2D eigenvalue weighted by Gasteiger charge is 2.22. The maximum Gasteiger partial charge on any atom is 0.152 e. The Bertz CT molecular complexity index is 651. The molecule has 0 aliphatic carbocycles. The van der Waals surface area contributed by atoms with Crippen molar-refractivity contribution in [2.45, 2.75) is 12.5 Å². The Labute approximate surface area is 138 Å². The van der Waals surface area contributed by atoms with Crippen LogP contribution in [0.5, 0.6) is 5.75 Å². The lowest BCUT2D eigenvalue weighted by Gasteiger charge is -2.28. The molecule has 3 rings (SSSR count). The van der Waals surface area contributed by atoms with Crippen molar-refractivity contribution in [1.82, 2.24) is 4.98 Å². The molecule has 20 heavy (non-hydrogen) atoms. The van der Waals surface area contributed by atoms with Crippen LogP contribution in [-0.2, 0) is 0 Å². The molecule has 6 heteroatoms. The first kappa shape index (κ1) is 14.2. The number of ether oxygens (including phenoxy) is 1. The largest absolute Gasteiger partial charge is 0.493 e. The highest BCUT2D eigenvalue weighted by Crippen LogP contribution is 2.37. The lowest BCUT2D eigenvalue weighted by atomic mass is 10.0. The van der Waals surface area contributed by atoms with Gasteiger partial charge < -0.3 is 10.1 Å². The fourth-order valence-electron chi connectivity index (χ4n) is 2.23. The first-order valence-electron chi connectivity index (χ1n) is 6.13. The number of pyridine rings is 1. The number of aromatic nitrogens is 1. The maximum atomic E-state index is 6.14. The van der Waals surface area contributed by atoms with E-state index >= 15 is 0 Å². The van der Waals surface area contributed by atoms with Crippen molar-refractivity contribution in [2.24, 2.45) is 0 Å². The molecule has 0 fully saturated rings. The van der Waals surface area contributed by atoms with Crippen LogP contribution < -0.4 is 10.1 Å². The summed E-state index contributed by atoms with van der Waals surface area (Å²) in [6.07, 6.45) is 2.56. The molecule has 1 N–H and O–H groups in total. The third-order valence-corrected chi connectivity index (χ3v) is 4.37. The summed E-state index contributed by atoms with van der Waals surface area (Å²) in [5, 5.41) is 3.92. The summed E-state index contributed by atoms with van der Waals surface area (Å²) >= 11 is 13.1. The normalized spacial score (nSPS) is 17.2. The molecular weight excluding hydrogens is 407 g/mol. The number of rotatable bonds is 2. The van der Waals surface area contributed by atoms with E-state index in [0.29, 0.717) is 11.8 Å². The summed E-state index contributed by atoms with van der Waals surface area (Å²) in [5.41, 5.74) is 1.94. The van der Waals surface area contributed by atoms with Crippen molar-refractivity contribution in [1.29, 1.82) is 0 Å². The van der Waals surface area contributed by atoms with E-state index in [1.54, 1.807) is 6.20 Å². The average Bonchev–Trinajstić information content (AvgIpc) is 2.43. The Balaban J connectivity index is 1.93. The number of nitrogens with zero attached hydrogens (tertiary/aromatic N) is 1. The van der Waals surface area contributed by atoms with Gasteiger partial charge in [0.2, 0.25) is 0 Å².